The molecule has 0 heterocycles. The minimum atomic E-state index is 0.887. The van der Waals surface area contributed by atoms with Crippen LogP contribution in [0.3, 0.4) is 0 Å². The van der Waals surface area contributed by atoms with Crippen LogP contribution >= 0.6 is 0 Å². The van der Waals surface area contributed by atoms with Gasteiger partial charge in [-0.1, -0.05) is 17.2 Å². The lowest BCUT2D eigenvalue weighted by Gasteiger charge is -2.09. The summed E-state index contributed by atoms with van der Waals surface area (Å²) < 4.78 is 0. The number of nitrogens with zero attached hydrogens (tertiary/aromatic N) is 1. The highest BCUT2D eigenvalue weighted by molar-refractivity contribution is 6.04. The van der Waals surface area contributed by atoms with Crippen molar-refractivity contribution in [2.24, 2.45) is 5.16 Å². The first-order chi connectivity index (χ1) is 5.38. The number of allylic oxidation sites excluding steroid dienone is 2. The van der Waals surface area contributed by atoms with Gasteiger partial charge in [-0.3, -0.25) is 0 Å². The van der Waals surface area contributed by atoms with Crippen molar-refractivity contribution < 1.29 is 4.84 Å². The molecule has 0 bridgehead atoms. The number of terminal acetylenes is 1. The molecule has 11 heavy (non-hydrogen) atoms. The Labute approximate surface area is 66.9 Å². The monoisotopic (exact) mass is 149 g/mol. The standard InChI is InChI=1S/C9H11NO/c1-3-8-6-4-5-7-9(8)10-11-2/h1,6H,4-5,7H2,2H3. The number of hydrogen-bond donors (Lipinski definition) is 0. The Kier molecular flexibility index (Phi) is 2.74. The first-order valence-electron chi connectivity index (χ1n) is 3.65. The summed E-state index contributed by atoms with van der Waals surface area (Å²) in [4.78, 5) is 4.66. The minimum Gasteiger partial charge on any atom is -0.399 e. The van der Waals surface area contributed by atoms with Crippen molar-refractivity contribution in [3.8, 4) is 12.3 Å². The summed E-state index contributed by atoms with van der Waals surface area (Å²) in [5, 5.41) is 3.84. The Morgan fingerprint density at radius 2 is 2.55 bits per heavy atom. The van der Waals surface area contributed by atoms with E-state index in [-0.39, 0.29) is 0 Å². The Morgan fingerprint density at radius 1 is 1.73 bits per heavy atom. The fraction of sp³-hybridized carbons (Fsp3) is 0.444. The second-order valence-corrected chi connectivity index (χ2v) is 2.37. The van der Waals surface area contributed by atoms with Gasteiger partial charge in [0.25, 0.3) is 0 Å². The molecule has 0 aromatic carbocycles. The third kappa shape index (κ3) is 1.84. The quantitative estimate of drug-likeness (QED) is 0.411. The topological polar surface area (TPSA) is 21.6 Å². The first kappa shape index (κ1) is 7.87. The van der Waals surface area contributed by atoms with Gasteiger partial charge in [0, 0.05) is 5.57 Å². The molecule has 0 radical (unpaired) electrons. The van der Waals surface area contributed by atoms with Crippen molar-refractivity contribution in [1.29, 1.82) is 0 Å². The lowest BCUT2D eigenvalue weighted by Crippen LogP contribution is -2.06. The van der Waals surface area contributed by atoms with Gasteiger partial charge in [-0.15, -0.1) is 6.42 Å². The first-order valence-corrected chi connectivity index (χ1v) is 3.65. The van der Waals surface area contributed by atoms with Crippen LogP contribution in [0.2, 0.25) is 0 Å². The fourth-order valence-electron chi connectivity index (χ4n) is 1.12. The van der Waals surface area contributed by atoms with E-state index >= 15 is 0 Å². The number of oxime groups is 1. The van der Waals surface area contributed by atoms with Crippen molar-refractivity contribution in [3.63, 3.8) is 0 Å². The third-order valence-corrected chi connectivity index (χ3v) is 1.63. The van der Waals surface area contributed by atoms with E-state index in [1.165, 1.54) is 7.11 Å². The van der Waals surface area contributed by atoms with E-state index in [0.717, 1.165) is 30.5 Å². The second kappa shape index (κ2) is 3.82. The Hall–Kier alpha value is -1.23. The van der Waals surface area contributed by atoms with Crippen molar-refractivity contribution in [1.82, 2.24) is 0 Å². The maximum Gasteiger partial charge on any atom is 0.106 e. The molecule has 1 aliphatic carbocycles. The molecule has 2 nitrogen and oxygen atoms in total. The van der Waals surface area contributed by atoms with Gasteiger partial charge in [0.1, 0.15) is 7.11 Å². The maximum atomic E-state index is 5.27. The Balaban J connectivity index is 2.80. The molecule has 0 atom stereocenters. The van der Waals surface area contributed by atoms with Crippen molar-refractivity contribution in [2.75, 3.05) is 7.11 Å². The van der Waals surface area contributed by atoms with Crippen molar-refractivity contribution in [3.05, 3.63) is 11.6 Å². The zero-order valence-electron chi connectivity index (χ0n) is 6.63. The lowest BCUT2D eigenvalue weighted by molar-refractivity contribution is 0.212. The smallest absolute Gasteiger partial charge is 0.106 e. The van der Waals surface area contributed by atoms with E-state index in [0.29, 0.717) is 0 Å². The average molecular weight is 149 g/mol. The average Bonchev–Trinajstić information content (AvgIpc) is 2.06. The summed E-state index contributed by atoms with van der Waals surface area (Å²) in [6, 6.07) is 0. The SMILES string of the molecule is C#CC1=CCCCC1=NOC. The van der Waals surface area contributed by atoms with Crippen LogP contribution in [0.1, 0.15) is 19.3 Å². The van der Waals surface area contributed by atoms with E-state index in [1.807, 2.05) is 6.08 Å². The zero-order chi connectivity index (χ0) is 8.10. The van der Waals surface area contributed by atoms with E-state index in [9.17, 15) is 0 Å². The predicted molar refractivity (Wildman–Crippen MR) is 45.2 cm³/mol. The molecular weight excluding hydrogens is 138 g/mol. The normalized spacial score (nSPS) is 20.7. The van der Waals surface area contributed by atoms with Gasteiger partial charge in [0.15, 0.2) is 0 Å². The molecule has 1 rings (SSSR count). The Morgan fingerprint density at radius 3 is 3.18 bits per heavy atom. The fourth-order valence-corrected chi connectivity index (χ4v) is 1.12. The highest BCUT2D eigenvalue weighted by Gasteiger charge is 2.09. The molecule has 58 valence electrons. The van der Waals surface area contributed by atoms with Crippen LogP contribution < -0.4 is 0 Å². The molecule has 0 spiro atoms. The van der Waals surface area contributed by atoms with Gasteiger partial charge in [-0.2, -0.15) is 0 Å². The minimum absolute atomic E-state index is 0.887. The van der Waals surface area contributed by atoms with Gasteiger partial charge in [-0.05, 0) is 19.3 Å². The van der Waals surface area contributed by atoms with Crippen LogP contribution in [0.5, 0.6) is 0 Å². The molecule has 1 aliphatic rings. The number of rotatable bonds is 1. The second-order valence-electron chi connectivity index (χ2n) is 2.37. The van der Waals surface area contributed by atoms with Crippen molar-refractivity contribution >= 4 is 5.71 Å². The van der Waals surface area contributed by atoms with E-state index in [1.54, 1.807) is 0 Å². The van der Waals surface area contributed by atoms with Gasteiger partial charge >= 0.3 is 0 Å². The largest absolute Gasteiger partial charge is 0.399 e. The molecule has 0 saturated carbocycles. The van der Waals surface area contributed by atoms with Crippen molar-refractivity contribution in [2.45, 2.75) is 19.3 Å². The molecule has 0 unspecified atom stereocenters. The summed E-state index contributed by atoms with van der Waals surface area (Å²) in [7, 11) is 1.54. The highest BCUT2D eigenvalue weighted by atomic mass is 16.6. The summed E-state index contributed by atoms with van der Waals surface area (Å²) in [6.07, 6.45) is 10.4. The molecular formula is C9H11NO. The molecule has 0 N–H and O–H groups in total. The van der Waals surface area contributed by atoms with E-state index < -0.39 is 0 Å². The molecule has 0 saturated heterocycles. The molecule has 0 aromatic heterocycles. The number of hydrogen-bond acceptors (Lipinski definition) is 2. The summed E-state index contributed by atoms with van der Waals surface area (Å²) in [6.45, 7) is 0. The van der Waals surface area contributed by atoms with Gasteiger partial charge in [0.2, 0.25) is 0 Å². The molecule has 0 aromatic rings. The van der Waals surface area contributed by atoms with Crippen LogP contribution in [0.25, 0.3) is 0 Å². The van der Waals surface area contributed by atoms with Gasteiger partial charge in [-0.25, -0.2) is 0 Å². The predicted octanol–water partition coefficient (Wildman–Crippen LogP) is 1.73. The third-order valence-electron chi connectivity index (χ3n) is 1.63. The zero-order valence-corrected chi connectivity index (χ0v) is 6.63. The Bertz CT molecular complexity index is 232. The highest BCUT2D eigenvalue weighted by Crippen LogP contribution is 2.14. The molecule has 0 fully saturated rings. The van der Waals surface area contributed by atoms with Gasteiger partial charge < -0.3 is 4.84 Å². The maximum absolute atomic E-state index is 5.27. The van der Waals surface area contributed by atoms with Crippen LogP contribution in [-0.2, 0) is 4.84 Å². The molecule has 0 aliphatic heterocycles. The van der Waals surface area contributed by atoms with Crippen LogP contribution in [0.15, 0.2) is 16.8 Å². The van der Waals surface area contributed by atoms with E-state index in [4.69, 9.17) is 6.42 Å². The summed E-state index contributed by atoms with van der Waals surface area (Å²) in [5.41, 5.74) is 1.79. The van der Waals surface area contributed by atoms with Crippen LogP contribution in [-0.4, -0.2) is 12.8 Å². The molecule has 0 amide bonds. The van der Waals surface area contributed by atoms with Crippen LogP contribution in [0.4, 0.5) is 0 Å². The summed E-state index contributed by atoms with van der Waals surface area (Å²) >= 11 is 0. The van der Waals surface area contributed by atoms with Crippen LogP contribution in [0, 0.1) is 12.3 Å². The molecule has 2 heteroatoms. The van der Waals surface area contributed by atoms with Gasteiger partial charge in [0.05, 0.1) is 5.71 Å². The summed E-state index contributed by atoms with van der Waals surface area (Å²) in [5.74, 6) is 2.59. The van der Waals surface area contributed by atoms with E-state index in [2.05, 4.69) is 15.9 Å². The lowest BCUT2D eigenvalue weighted by atomic mass is 9.98.